The van der Waals surface area contributed by atoms with Crippen molar-refractivity contribution in [2.45, 2.75) is 0 Å². The van der Waals surface area contributed by atoms with E-state index in [9.17, 15) is 0 Å². The number of benzene rings is 11. The zero-order valence-electron chi connectivity index (χ0n) is 27.3. The molecule has 11 rings (SSSR count). The summed E-state index contributed by atoms with van der Waals surface area (Å²) in [5.41, 5.74) is 7.46. The van der Waals surface area contributed by atoms with Gasteiger partial charge >= 0.3 is 0 Å². The Labute approximate surface area is 289 Å². The van der Waals surface area contributed by atoms with E-state index in [1.807, 2.05) is 0 Å². The molecule has 0 fully saturated rings. The first-order valence-corrected chi connectivity index (χ1v) is 17.4. The maximum Gasteiger partial charge on any atom is -0.00201 e. The van der Waals surface area contributed by atoms with Crippen LogP contribution in [0.1, 0.15) is 0 Å². The van der Waals surface area contributed by atoms with Crippen LogP contribution in [0.4, 0.5) is 0 Å². The average Bonchev–Trinajstić information content (AvgIpc) is 3.19. The van der Waals surface area contributed by atoms with Gasteiger partial charge in [0.2, 0.25) is 0 Å². The van der Waals surface area contributed by atoms with Gasteiger partial charge in [-0.2, -0.15) is 0 Å². The Hall–Kier alpha value is -6.50. The first-order chi connectivity index (χ1) is 24.8. The van der Waals surface area contributed by atoms with Crippen LogP contribution >= 0.6 is 0 Å². The molecule has 0 aliphatic heterocycles. The molecule has 0 saturated heterocycles. The van der Waals surface area contributed by atoms with Crippen LogP contribution in [0.2, 0.25) is 0 Å². The van der Waals surface area contributed by atoms with Gasteiger partial charge in [0, 0.05) is 0 Å². The van der Waals surface area contributed by atoms with Crippen LogP contribution in [0.3, 0.4) is 0 Å². The molecule has 0 spiro atoms. The maximum absolute atomic E-state index is 2.41. The number of rotatable bonds is 3. The van der Waals surface area contributed by atoms with E-state index in [0.29, 0.717) is 0 Å². The van der Waals surface area contributed by atoms with Gasteiger partial charge in [-0.05, 0) is 127 Å². The summed E-state index contributed by atoms with van der Waals surface area (Å²) in [5.74, 6) is 0. The minimum Gasteiger partial charge on any atom is -0.0622 e. The highest BCUT2D eigenvalue weighted by Crippen LogP contribution is 2.44. The van der Waals surface area contributed by atoms with E-state index in [-0.39, 0.29) is 0 Å². The summed E-state index contributed by atoms with van der Waals surface area (Å²) in [6.07, 6.45) is 0. The van der Waals surface area contributed by atoms with Crippen molar-refractivity contribution in [2.75, 3.05) is 0 Å². The zero-order chi connectivity index (χ0) is 32.8. The van der Waals surface area contributed by atoms with Crippen molar-refractivity contribution in [3.63, 3.8) is 0 Å². The molecule has 0 aromatic heterocycles. The summed E-state index contributed by atoms with van der Waals surface area (Å²) in [7, 11) is 0. The molecule has 0 heterocycles. The molecule has 230 valence electrons. The third-order valence-corrected chi connectivity index (χ3v) is 11.0. The van der Waals surface area contributed by atoms with Gasteiger partial charge in [-0.15, -0.1) is 0 Å². The minimum absolute atomic E-state index is 1.23. The van der Waals surface area contributed by atoms with Gasteiger partial charge in [-0.3, -0.25) is 0 Å². The first-order valence-electron chi connectivity index (χ1n) is 17.4. The van der Waals surface area contributed by atoms with Crippen molar-refractivity contribution in [2.24, 2.45) is 0 Å². The van der Waals surface area contributed by atoms with Crippen LogP contribution in [0.25, 0.3) is 109 Å². The lowest BCUT2D eigenvalue weighted by Crippen LogP contribution is -1.89. The van der Waals surface area contributed by atoms with Crippen LogP contribution in [-0.2, 0) is 0 Å². The number of hydrogen-bond acceptors (Lipinski definition) is 0. The van der Waals surface area contributed by atoms with E-state index in [4.69, 9.17) is 0 Å². The van der Waals surface area contributed by atoms with Crippen LogP contribution < -0.4 is 0 Å². The molecule has 11 aromatic rings. The molecule has 0 saturated carbocycles. The fourth-order valence-electron chi connectivity index (χ4n) is 8.62. The van der Waals surface area contributed by atoms with E-state index in [0.717, 1.165) is 0 Å². The van der Waals surface area contributed by atoms with Crippen molar-refractivity contribution < 1.29 is 0 Å². The topological polar surface area (TPSA) is 0 Å². The van der Waals surface area contributed by atoms with Crippen molar-refractivity contribution >= 4 is 75.4 Å². The summed E-state index contributed by atoms with van der Waals surface area (Å²) in [5, 5.41) is 18.3. The van der Waals surface area contributed by atoms with E-state index in [2.05, 4.69) is 182 Å². The number of fused-ring (bicyclic) bond motifs is 7. The van der Waals surface area contributed by atoms with Gasteiger partial charge in [0.1, 0.15) is 0 Å². The predicted octanol–water partition coefficient (Wildman–Crippen LogP) is 14.2. The lowest BCUT2D eigenvalue weighted by Gasteiger charge is -2.17. The quantitative estimate of drug-likeness (QED) is 0.135. The molecule has 50 heavy (non-hydrogen) atoms. The Bertz CT molecular complexity index is 3080. The third kappa shape index (κ3) is 4.00. The minimum atomic E-state index is 1.23. The van der Waals surface area contributed by atoms with Crippen molar-refractivity contribution in [3.8, 4) is 33.4 Å². The van der Waals surface area contributed by atoms with Crippen molar-refractivity contribution in [1.29, 1.82) is 0 Å². The molecular formula is C50H30. The summed E-state index contributed by atoms with van der Waals surface area (Å²) >= 11 is 0. The summed E-state index contributed by atoms with van der Waals surface area (Å²) < 4.78 is 0. The molecule has 0 atom stereocenters. The Morgan fingerprint density at radius 2 is 0.680 bits per heavy atom. The molecule has 0 heteroatoms. The summed E-state index contributed by atoms with van der Waals surface area (Å²) in [4.78, 5) is 0. The van der Waals surface area contributed by atoms with E-state index >= 15 is 0 Å². The predicted molar refractivity (Wildman–Crippen MR) is 216 cm³/mol. The van der Waals surface area contributed by atoms with E-state index in [1.165, 1.54) is 109 Å². The SMILES string of the molecule is c1ccc(-c2cccc(-c3ccc4ccc5c6cc(-c7ccc8c9cccc%10cccc(c%11cccc7c%118)c%109)ccc6ccc5c4c3)c2)cc1. The van der Waals surface area contributed by atoms with Gasteiger partial charge in [-0.1, -0.05) is 164 Å². The Morgan fingerprint density at radius 1 is 0.200 bits per heavy atom. The van der Waals surface area contributed by atoms with E-state index < -0.39 is 0 Å². The molecule has 11 aromatic carbocycles. The second kappa shape index (κ2) is 10.5. The Kier molecular flexibility index (Phi) is 5.76. The summed E-state index contributed by atoms with van der Waals surface area (Å²) in [6.45, 7) is 0. The zero-order valence-corrected chi connectivity index (χ0v) is 27.3. The van der Waals surface area contributed by atoms with Crippen LogP contribution in [-0.4, -0.2) is 0 Å². The fourth-order valence-corrected chi connectivity index (χ4v) is 8.62. The lowest BCUT2D eigenvalue weighted by atomic mass is 9.86. The monoisotopic (exact) mass is 630 g/mol. The third-order valence-electron chi connectivity index (χ3n) is 11.0. The molecule has 0 aliphatic rings. The van der Waals surface area contributed by atoms with Crippen LogP contribution in [0.15, 0.2) is 182 Å². The molecule has 0 nitrogen and oxygen atoms in total. The van der Waals surface area contributed by atoms with Gasteiger partial charge in [0.25, 0.3) is 0 Å². The average molecular weight is 631 g/mol. The van der Waals surface area contributed by atoms with Gasteiger partial charge in [-0.25, -0.2) is 0 Å². The molecule has 0 aliphatic carbocycles. The highest BCUT2D eigenvalue weighted by atomic mass is 14.2. The van der Waals surface area contributed by atoms with Crippen LogP contribution in [0, 0.1) is 0 Å². The Morgan fingerprint density at radius 3 is 1.40 bits per heavy atom. The van der Waals surface area contributed by atoms with Crippen molar-refractivity contribution in [1.82, 2.24) is 0 Å². The lowest BCUT2D eigenvalue weighted by molar-refractivity contribution is 1.60. The molecule has 0 unspecified atom stereocenters. The molecule has 0 amide bonds. The molecule has 0 bridgehead atoms. The maximum atomic E-state index is 2.41. The largest absolute Gasteiger partial charge is 0.0622 e. The first kappa shape index (κ1) is 27.5. The normalized spacial score (nSPS) is 12.0. The van der Waals surface area contributed by atoms with Crippen molar-refractivity contribution in [3.05, 3.63) is 182 Å². The molecular weight excluding hydrogens is 601 g/mol. The number of hydrogen-bond donors (Lipinski definition) is 0. The summed E-state index contributed by atoms with van der Waals surface area (Å²) in [6, 6.07) is 67.6. The second-order valence-corrected chi connectivity index (χ2v) is 13.6. The highest BCUT2D eigenvalue weighted by molar-refractivity contribution is 6.34. The van der Waals surface area contributed by atoms with Gasteiger partial charge < -0.3 is 0 Å². The Balaban J connectivity index is 1.10. The second-order valence-electron chi connectivity index (χ2n) is 13.6. The van der Waals surface area contributed by atoms with Crippen LogP contribution in [0.5, 0.6) is 0 Å². The standard InChI is InChI=1S/C50H30/c1-2-8-31(9-3-1)35-12-4-13-36(28-35)37-20-18-32-22-25-41-40(47(32)29-37)24-23-33-19-21-38(30-48(33)41)39-26-27-46-44-15-6-11-34-10-5-14-43(49(34)44)45-17-7-16-42(39)50(45)46/h1-30H. The van der Waals surface area contributed by atoms with Gasteiger partial charge in [0.15, 0.2) is 0 Å². The fraction of sp³-hybridized carbons (Fsp3) is 0. The highest BCUT2D eigenvalue weighted by Gasteiger charge is 2.16. The van der Waals surface area contributed by atoms with E-state index in [1.54, 1.807) is 0 Å². The van der Waals surface area contributed by atoms with Gasteiger partial charge in [0.05, 0.1) is 0 Å². The molecule has 0 radical (unpaired) electrons. The molecule has 0 N–H and O–H groups in total. The smallest absolute Gasteiger partial charge is 0.00201 e.